The van der Waals surface area contributed by atoms with Crippen LogP contribution in [-0.2, 0) is 6.54 Å². The van der Waals surface area contributed by atoms with Crippen molar-refractivity contribution in [2.24, 2.45) is 0 Å². The van der Waals surface area contributed by atoms with Gasteiger partial charge in [-0.25, -0.2) is 4.98 Å². The largest absolute Gasteiger partial charge is 0.506 e. The van der Waals surface area contributed by atoms with Crippen LogP contribution in [0.2, 0.25) is 0 Å². The maximum atomic E-state index is 13.9. The van der Waals surface area contributed by atoms with Crippen molar-refractivity contribution in [3.8, 4) is 22.9 Å². The molecule has 1 saturated carbocycles. The van der Waals surface area contributed by atoms with Gasteiger partial charge in [-0.15, -0.1) is 11.3 Å². The van der Waals surface area contributed by atoms with E-state index in [1.807, 2.05) is 30.3 Å². The van der Waals surface area contributed by atoms with Crippen molar-refractivity contribution in [1.29, 1.82) is 0 Å². The van der Waals surface area contributed by atoms with Crippen molar-refractivity contribution in [3.63, 3.8) is 0 Å². The van der Waals surface area contributed by atoms with E-state index in [-0.39, 0.29) is 11.3 Å². The summed E-state index contributed by atoms with van der Waals surface area (Å²) in [7, 11) is 1.67. The Bertz CT molecular complexity index is 1570. The third-order valence-electron chi connectivity index (χ3n) is 6.21. The number of thiophene rings is 1. The number of hydrogen-bond donors (Lipinski definition) is 1. The SMILES string of the molecule is COc1ccc(-c2nc3sc4c(O)cccc4c3c(=O)n2Cc2ccncc2)c(C2CC2)c1. The van der Waals surface area contributed by atoms with Crippen LogP contribution in [0.15, 0.2) is 65.7 Å². The highest BCUT2D eigenvalue weighted by atomic mass is 32.1. The number of rotatable bonds is 5. The summed E-state index contributed by atoms with van der Waals surface area (Å²) in [6.07, 6.45) is 5.70. The lowest BCUT2D eigenvalue weighted by atomic mass is 10.0. The molecule has 0 radical (unpaired) electrons. The molecule has 33 heavy (non-hydrogen) atoms. The molecule has 164 valence electrons. The predicted octanol–water partition coefficient (Wildman–Crippen LogP) is 5.31. The molecule has 0 amide bonds. The molecule has 1 fully saturated rings. The molecular weight excluding hydrogens is 434 g/mol. The third kappa shape index (κ3) is 3.36. The summed E-state index contributed by atoms with van der Waals surface area (Å²) in [6.45, 7) is 0.381. The van der Waals surface area contributed by atoms with Crippen LogP contribution in [0.5, 0.6) is 11.5 Å². The van der Waals surface area contributed by atoms with Crippen LogP contribution in [0.3, 0.4) is 0 Å². The van der Waals surface area contributed by atoms with Gasteiger partial charge in [-0.3, -0.25) is 14.3 Å². The summed E-state index contributed by atoms with van der Waals surface area (Å²) in [5.41, 5.74) is 2.97. The zero-order chi connectivity index (χ0) is 22.5. The minimum atomic E-state index is -0.110. The van der Waals surface area contributed by atoms with Gasteiger partial charge in [0.05, 0.1) is 23.7 Å². The number of phenolic OH excluding ortho intramolecular Hbond substituents is 1. The lowest BCUT2D eigenvalue weighted by Gasteiger charge is -2.16. The first-order valence-electron chi connectivity index (χ1n) is 10.9. The second-order valence-electron chi connectivity index (χ2n) is 8.35. The van der Waals surface area contributed by atoms with Gasteiger partial charge in [0.15, 0.2) is 0 Å². The Morgan fingerprint density at radius 2 is 1.97 bits per heavy atom. The number of fused-ring (bicyclic) bond motifs is 3. The lowest BCUT2D eigenvalue weighted by Crippen LogP contribution is -2.24. The van der Waals surface area contributed by atoms with Crippen LogP contribution in [0.4, 0.5) is 0 Å². The summed E-state index contributed by atoms with van der Waals surface area (Å²) >= 11 is 1.35. The smallest absolute Gasteiger partial charge is 0.263 e. The number of pyridine rings is 1. The van der Waals surface area contributed by atoms with Gasteiger partial charge in [0.1, 0.15) is 22.2 Å². The summed E-state index contributed by atoms with van der Waals surface area (Å²) < 4.78 is 7.91. The summed E-state index contributed by atoms with van der Waals surface area (Å²) in [5, 5.41) is 11.7. The normalized spacial score (nSPS) is 13.6. The number of aromatic nitrogens is 3. The second kappa shape index (κ2) is 7.71. The van der Waals surface area contributed by atoms with Gasteiger partial charge >= 0.3 is 0 Å². The molecule has 3 heterocycles. The Hall–Kier alpha value is -3.71. The van der Waals surface area contributed by atoms with Gasteiger partial charge < -0.3 is 9.84 Å². The first-order valence-corrected chi connectivity index (χ1v) is 11.7. The van der Waals surface area contributed by atoms with Crippen molar-refractivity contribution >= 4 is 31.6 Å². The van der Waals surface area contributed by atoms with E-state index in [0.29, 0.717) is 33.2 Å². The number of benzene rings is 2. The average Bonchev–Trinajstić information content (AvgIpc) is 3.62. The number of methoxy groups -OCH3 is 1. The highest BCUT2D eigenvalue weighted by molar-refractivity contribution is 7.25. The molecule has 5 aromatic rings. The molecule has 2 aromatic carbocycles. The highest BCUT2D eigenvalue weighted by Gasteiger charge is 2.29. The maximum Gasteiger partial charge on any atom is 0.263 e. The van der Waals surface area contributed by atoms with E-state index in [2.05, 4.69) is 11.1 Å². The molecule has 6 nitrogen and oxygen atoms in total. The number of ether oxygens (including phenoxy) is 1. The summed E-state index contributed by atoms with van der Waals surface area (Å²) in [4.78, 5) is 23.7. The zero-order valence-electron chi connectivity index (χ0n) is 18.0. The van der Waals surface area contributed by atoms with E-state index in [0.717, 1.165) is 40.7 Å². The van der Waals surface area contributed by atoms with Crippen LogP contribution in [0.1, 0.15) is 29.9 Å². The Balaban J connectivity index is 1.67. The average molecular weight is 456 g/mol. The summed E-state index contributed by atoms with van der Waals surface area (Å²) in [5.74, 6) is 2.06. The van der Waals surface area contributed by atoms with Gasteiger partial charge in [-0.05, 0) is 66.3 Å². The zero-order valence-corrected chi connectivity index (χ0v) is 18.8. The Morgan fingerprint density at radius 1 is 1.15 bits per heavy atom. The third-order valence-corrected chi connectivity index (χ3v) is 7.33. The lowest BCUT2D eigenvalue weighted by molar-refractivity contribution is 0.414. The van der Waals surface area contributed by atoms with Crippen molar-refractivity contribution in [2.45, 2.75) is 25.3 Å². The van der Waals surface area contributed by atoms with Crippen LogP contribution >= 0.6 is 11.3 Å². The first-order chi connectivity index (χ1) is 16.1. The van der Waals surface area contributed by atoms with E-state index < -0.39 is 0 Å². The van der Waals surface area contributed by atoms with Gasteiger partial charge in [0.2, 0.25) is 0 Å². The van der Waals surface area contributed by atoms with Crippen LogP contribution in [0, 0.1) is 0 Å². The molecule has 0 saturated heterocycles. The molecule has 1 N–H and O–H groups in total. The van der Waals surface area contributed by atoms with Gasteiger partial charge in [-0.1, -0.05) is 12.1 Å². The van der Waals surface area contributed by atoms with Crippen LogP contribution in [-0.4, -0.2) is 26.8 Å². The first kappa shape index (κ1) is 19.9. The fourth-order valence-corrected chi connectivity index (χ4v) is 5.47. The molecule has 0 spiro atoms. The minimum Gasteiger partial charge on any atom is -0.506 e. The molecule has 0 atom stereocenters. The Labute approximate surface area is 193 Å². The topological polar surface area (TPSA) is 77.2 Å². The molecule has 1 aliphatic rings. The summed E-state index contributed by atoms with van der Waals surface area (Å²) in [6, 6.07) is 15.1. The van der Waals surface area contributed by atoms with Crippen molar-refractivity contribution in [1.82, 2.24) is 14.5 Å². The van der Waals surface area contributed by atoms with Crippen molar-refractivity contribution in [2.75, 3.05) is 7.11 Å². The van der Waals surface area contributed by atoms with Gasteiger partial charge in [-0.2, -0.15) is 0 Å². The monoisotopic (exact) mass is 455 g/mol. The van der Waals surface area contributed by atoms with Crippen LogP contribution in [0.25, 0.3) is 31.7 Å². The molecule has 0 bridgehead atoms. The van der Waals surface area contributed by atoms with Gasteiger partial charge in [0.25, 0.3) is 5.56 Å². The number of aromatic hydroxyl groups is 1. The molecule has 7 heteroatoms. The minimum absolute atomic E-state index is 0.110. The molecular formula is C26H21N3O3S. The van der Waals surface area contributed by atoms with Gasteiger partial charge in [0, 0.05) is 23.3 Å². The van der Waals surface area contributed by atoms with Crippen LogP contribution < -0.4 is 10.3 Å². The Morgan fingerprint density at radius 3 is 2.73 bits per heavy atom. The molecule has 1 aliphatic carbocycles. The second-order valence-corrected chi connectivity index (χ2v) is 9.34. The molecule has 3 aromatic heterocycles. The number of hydrogen-bond acceptors (Lipinski definition) is 6. The fourth-order valence-electron chi connectivity index (χ4n) is 4.39. The number of phenols is 1. The number of nitrogens with zero attached hydrogens (tertiary/aromatic N) is 3. The fraction of sp³-hybridized carbons (Fsp3) is 0.192. The van der Waals surface area contributed by atoms with E-state index in [1.165, 1.54) is 11.3 Å². The van der Waals surface area contributed by atoms with Crippen molar-refractivity contribution < 1.29 is 9.84 Å². The van der Waals surface area contributed by atoms with Crippen molar-refractivity contribution in [3.05, 3.63) is 82.4 Å². The van der Waals surface area contributed by atoms with E-state index in [4.69, 9.17) is 9.72 Å². The van der Waals surface area contributed by atoms with E-state index in [9.17, 15) is 9.90 Å². The standard InChI is InChI=1S/C26H21N3O3S/c1-32-17-7-8-18(20(13-17)16-5-6-16)24-28-25-22(19-3-2-4-21(30)23(19)33-25)26(31)29(24)14-15-9-11-27-12-10-15/h2-4,7-13,16,30H,5-6,14H2,1H3. The predicted molar refractivity (Wildman–Crippen MR) is 130 cm³/mol. The van der Waals surface area contributed by atoms with E-state index >= 15 is 0 Å². The highest BCUT2D eigenvalue weighted by Crippen LogP contribution is 2.46. The Kier molecular flexibility index (Phi) is 4.66. The maximum absolute atomic E-state index is 13.9. The molecule has 0 unspecified atom stereocenters. The quantitative estimate of drug-likeness (QED) is 0.388. The molecule has 0 aliphatic heterocycles. The van der Waals surface area contributed by atoms with E-state index in [1.54, 1.807) is 36.2 Å². The molecule has 6 rings (SSSR count).